The highest BCUT2D eigenvalue weighted by atomic mass is 35.5. The van der Waals surface area contributed by atoms with E-state index in [1.807, 2.05) is 0 Å². The molecule has 0 atom stereocenters. The van der Waals surface area contributed by atoms with Crippen LogP contribution >= 0.6 is 11.6 Å². The molecule has 1 aromatic heterocycles. The van der Waals surface area contributed by atoms with Crippen LogP contribution in [0.1, 0.15) is 32.1 Å². The van der Waals surface area contributed by atoms with Crippen LogP contribution in [0.15, 0.2) is 18.3 Å². The van der Waals surface area contributed by atoms with Crippen LogP contribution in [0.4, 0.5) is 0 Å². The SMILES string of the molecule is O=C(COc1cccnc1Cl)NC1CCCCC1. The Morgan fingerprint density at radius 3 is 2.94 bits per heavy atom. The summed E-state index contributed by atoms with van der Waals surface area (Å²) in [7, 11) is 0. The molecule has 1 fully saturated rings. The Labute approximate surface area is 112 Å². The van der Waals surface area contributed by atoms with Gasteiger partial charge in [0.25, 0.3) is 5.91 Å². The standard InChI is InChI=1S/C13H17ClN2O2/c14-13-11(7-4-8-15-13)18-9-12(17)16-10-5-2-1-3-6-10/h4,7-8,10H,1-3,5-6,9H2,(H,16,17). The van der Waals surface area contributed by atoms with E-state index in [2.05, 4.69) is 10.3 Å². The summed E-state index contributed by atoms with van der Waals surface area (Å²) in [4.78, 5) is 15.6. The fraction of sp³-hybridized carbons (Fsp3) is 0.538. The minimum absolute atomic E-state index is 0.0120. The van der Waals surface area contributed by atoms with Gasteiger partial charge in [0.05, 0.1) is 0 Å². The van der Waals surface area contributed by atoms with Gasteiger partial charge < -0.3 is 10.1 Å². The monoisotopic (exact) mass is 268 g/mol. The summed E-state index contributed by atoms with van der Waals surface area (Å²) < 4.78 is 5.33. The number of hydrogen-bond acceptors (Lipinski definition) is 3. The van der Waals surface area contributed by atoms with Gasteiger partial charge in [-0.25, -0.2) is 4.98 Å². The summed E-state index contributed by atoms with van der Waals surface area (Å²) in [5.41, 5.74) is 0. The first-order valence-corrected chi connectivity index (χ1v) is 6.66. The molecule has 0 radical (unpaired) electrons. The third kappa shape index (κ3) is 3.88. The van der Waals surface area contributed by atoms with Gasteiger partial charge in [-0.1, -0.05) is 30.9 Å². The first-order chi connectivity index (χ1) is 8.75. The predicted molar refractivity (Wildman–Crippen MR) is 69.8 cm³/mol. The lowest BCUT2D eigenvalue weighted by Crippen LogP contribution is -2.39. The molecule has 1 aromatic rings. The molecule has 4 nitrogen and oxygen atoms in total. The Morgan fingerprint density at radius 1 is 1.44 bits per heavy atom. The maximum atomic E-state index is 11.7. The molecule has 0 unspecified atom stereocenters. The van der Waals surface area contributed by atoms with Gasteiger partial charge >= 0.3 is 0 Å². The molecule has 1 heterocycles. The number of nitrogens with one attached hydrogen (secondary N) is 1. The third-order valence-electron chi connectivity index (χ3n) is 3.05. The summed E-state index contributed by atoms with van der Waals surface area (Å²) >= 11 is 5.83. The number of hydrogen-bond donors (Lipinski definition) is 1. The number of nitrogens with zero attached hydrogens (tertiary/aromatic N) is 1. The van der Waals surface area contributed by atoms with Gasteiger partial charge in [-0.2, -0.15) is 0 Å². The van der Waals surface area contributed by atoms with E-state index in [1.54, 1.807) is 18.3 Å². The quantitative estimate of drug-likeness (QED) is 0.854. The van der Waals surface area contributed by atoms with Crippen molar-refractivity contribution in [3.05, 3.63) is 23.5 Å². The Bertz CT molecular complexity index is 406. The van der Waals surface area contributed by atoms with Crippen LogP contribution in [0, 0.1) is 0 Å². The first-order valence-electron chi connectivity index (χ1n) is 6.28. The van der Waals surface area contributed by atoms with Crippen LogP contribution in [-0.4, -0.2) is 23.5 Å². The van der Waals surface area contributed by atoms with E-state index in [0.717, 1.165) is 12.8 Å². The number of pyridine rings is 1. The number of carbonyl (C=O) groups excluding carboxylic acids is 1. The van der Waals surface area contributed by atoms with Crippen LogP contribution in [0.2, 0.25) is 5.15 Å². The zero-order valence-corrected chi connectivity index (χ0v) is 10.9. The zero-order chi connectivity index (χ0) is 12.8. The summed E-state index contributed by atoms with van der Waals surface area (Å²) in [5, 5.41) is 3.26. The lowest BCUT2D eigenvalue weighted by Gasteiger charge is -2.22. The average Bonchev–Trinajstić information content (AvgIpc) is 2.39. The number of ether oxygens (including phenoxy) is 1. The highest BCUT2D eigenvalue weighted by Crippen LogP contribution is 2.20. The first kappa shape index (κ1) is 13.1. The Balaban J connectivity index is 1.76. The Hall–Kier alpha value is -1.29. The van der Waals surface area contributed by atoms with Crippen LogP contribution in [0.3, 0.4) is 0 Å². The fourth-order valence-electron chi connectivity index (χ4n) is 2.14. The van der Waals surface area contributed by atoms with Gasteiger partial charge in [-0.05, 0) is 25.0 Å². The summed E-state index contributed by atoms with van der Waals surface area (Å²) in [6.45, 7) is -0.0120. The number of carbonyl (C=O) groups is 1. The van der Waals surface area contributed by atoms with Crippen molar-refractivity contribution in [3.63, 3.8) is 0 Å². The molecule has 2 rings (SSSR count). The van der Waals surface area contributed by atoms with E-state index >= 15 is 0 Å². The number of halogens is 1. The lowest BCUT2D eigenvalue weighted by molar-refractivity contribution is -0.124. The number of aromatic nitrogens is 1. The molecule has 1 amide bonds. The van der Waals surface area contributed by atoms with Gasteiger partial charge in [-0.3, -0.25) is 4.79 Å². The Morgan fingerprint density at radius 2 is 2.22 bits per heavy atom. The third-order valence-corrected chi connectivity index (χ3v) is 3.34. The van der Waals surface area contributed by atoms with E-state index in [1.165, 1.54) is 19.3 Å². The van der Waals surface area contributed by atoms with Crippen molar-refractivity contribution in [2.75, 3.05) is 6.61 Å². The maximum Gasteiger partial charge on any atom is 0.258 e. The van der Waals surface area contributed by atoms with Crippen LogP contribution < -0.4 is 10.1 Å². The topological polar surface area (TPSA) is 51.2 Å². The van der Waals surface area contributed by atoms with Crippen molar-refractivity contribution in [2.45, 2.75) is 38.1 Å². The van der Waals surface area contributed by atoms with Crippen LogP contribution in [-0.2, 0) is 4.79 Å². The molecular weight excluding hydrogens is 252 g/mol. The van der Waals surface area contributed by atoms with Crippen molar-refractivity contribution in [1.29, 1.82) is 0 Å². The molecular formula is C13H17ClN2O2. The molecule has 1 aliphatic carbocycles. The fourth-order valence-corrected chi connectivity index (χ4v) is 2.31. The molecule has 0 aromatic carbocycles. The Kier molecular flexibility index (Phi) is 4.81. The molecule has 5 heteroatoms. The smallest absolute Gasteiger partial charge is 0.258 e. The van der Waals surface area contributed by atoms with Gasteiger partial charge in [-0.15, -0.1) is 0 Å². The van der Waals surface area contributed by atoms with Gasteiger partial charge in [0.1, 0.15) is 0 Å². The van der Waals surface area contributed by atoms with Gasteiger partial charge in [0, 0.05) is 12.2 Å². The zero-order valence-electron chi connectivity index (χ0n) is 10.2. The van der Waals surface area contributed by atoms with Crippen molar-refractivity contribution in [2.24, 2.45) is 0 Å². The van der Waals surface area contributed by atoms with Crippen molar-refractivity contribution < 1.29 is 9.53 Å². The molecule has 98 valence electrons. The summed E-state index contributed by atoms with van der Waals surface area (Å²) in [6, 6.07) is 3.72. The van der Waals surface area contributed by atoms with E-state index < -0.39 is 0 Å². The van der Waals surface area contributed by atoms with E-state index in [9.17, 15) is 4.79 Å². The molecule has 0 saturated heterocycles. The second-order valence-corrected chi connectivity index (χ2v) is 4.84. The molecule has 18 heavy (non-hydrogen) atoms. The number of amides is 1. The average molecular weight is 269 g/mol. The largest absolute Gasteiger partial charge is 0.481 e. The summed E-state index contributed by atoms with van der Waals surface area (Å²) in [6.07, 6.45) is 7.38. The van der Waals surface area contributed by atoms with Crippen LogP contribution in [0.5, 0.6) is 5.75 Å². The lowest BCUT2D eigenvalue weighted by atomic mass is 9.95. The molecule has 1 aliphatic rings. The van der Waals surface area contributed by atoms with Crippen molar-refractivity contribution in [1.82, 2.24) is 10.3 Å². The molecule has 1 N–H and O–H groups in total. The molecule has 0 aliphatic heterocycles. The van der Waals surface area contributed by atoms with Crippen LogP contribution in [0.25, 0.3) is 0 Å². The molecule has 0 spiro atoms. The second kappa shape index (κ2) is 6.59. The van der Waals surface area contributed by atoms with Gasteiger partial charge in [0.15, 0.2) is 17.5 Å². The van der Waals surface area contributed by atoms with E-state index in [-0.39, 0.29) is 17.7 Å². The maximum absolute atomic E-state index is 11.7. The highest BCUT2D eigenvalue weighted by molar-refractivity contribution is 6.30. The molecule has 1 saturated carbocycles. The molecule has 0 bridgehead atoms. The minimum atomic E-state index is -0.0955. The van der Waals surface area contributed by atoms with E-state index in [4.69, 9.17) is 16.3 Å². The second-order valence-electron chi connectivity index (χ2n) is 4.48. The predicted octanol–water partition coefficient (Wildman–Crippen LogP) is 2.56. The van der Waals surface area contributed by atoms with Crippen molar-refractivity contribution in [3.8, 4) is 5.75 Å². The minimum Gasteiger partial charge on any atom is -0.481 e. The number of rotatable bonds is 4. The summed E-state index contributed by atoms with van der Waals surface area (Å²) in [5.74, 6) is 0.347. The van der Waals surface area contributed by atoms with Crippen molar-refractivity contribution >= 4 is 17.5 Å². The van der Waals surface area contributed by atoms with Gasteiger partial charge in [0.2, 0.25) is 0 Å². The highest BCUT2D eigenvalue weighted by Gasteiger charge is 2.16. The normalized spacial score (nSPS) is 16.3. The van der Waals surface area contributed by atoms with E-state index in [0.29, 0.717) is 11.8 Å².